The molecule has 1 aliphatic rings. The van der Waals surface area contributed by atoms with Crippen molar-refractivity contribution in [2.24, 2.45) is 0 Å². The highest BCUT2D eigenvalue weighted by Crippen LogP contribution is 2.22. The maximum atomic E-state index is 12.3. The monoisotopic (exact) mass is 263 g/mol. The molecule has 2 rings (SSSR count). The van der Waals surface area contributed by atoms with Crippen molar-refractivity contribution in [3.05, 3.63) is 23.9 Å². The Hall–Kier alpha value is -1.62. The molecule has 2 atom stereocenters. The maximum Gasteiger partial charge on any atom is 0.255 e. The van der Waals surface area contributed by atoms with Crippen LogP contribution in [0, 0.1) is 0 Å². The quantitative estimate of drug-likeness (QED) is 0.850. The van der Waals surface area contributed by atoms with Gasteiger partial charge in [-0.05, 0) is 38.3 Å². The van der Waals surface area contributed by atoms with Crippen LogP contribution >= 0.6 is 0 Å². The fourth-order valence-corrected chi connectivity index (χ4v) is 2.45. The summed E-state index contributed by atoms with van der Waals surface area (Å²) in [4.78, 5) is 16.5. The zero-order valence-corrected chi connectivity index (χ0v) is 11.5. The summed E-state index contributed by atoms with van der Waals surface area (Å²) in [6, 6.07) is 3.78. The highest BCUT2D eigenvalue weighted by atomic mass is 16.5. The van der Waals surface area contributed by atoms with E-state index in [-0.39, 0.29) is 18.1 Å². The second-order valence-corrected chi connectivity index (χ2v) is 4.77. The minimum atomic E-state index is -0.0641. The van der Waals surface area contributed by atoms with Gasteiger partial charge in [0.15, 0.2) is 0 Å². The number of rotatable bonds is 5. The average molecular weight is 263 g/mol. The smallest absolute Gasteiger partial charge is 0.255 e. The molecular weight excluding hydrogens is 242 g/mol. The molecule has 0 aromatic carbocycles. The number of pyridine rings is 1. The van der Waals surface area contributed by atoms with Crippen LogP contribution in [-0.4, -0.2) is 36.7 Å². The van der Waals surface area contributed by atoms with Crippen molar-refractivity contribution in [2.45, 2.75) is 38.3 Å². The first-order valence-corrected chi connectivity index (χ1v) is 6.77. The zero-order chi connectivity index (χ0) is 13.7. The second kappa shape index (κ2) is 6.52. The number of nitrogens with zero attached hydrogens (tertiary/aromatic N) is 1. The van der Waals surface area contributed by atoms with E-state index in [2.05, 4.69) is 15.6 Å². The van der Waals surface area contributed by atoms with E-state index >= 15 is 0 Å². The van der Waals surface area contributed by atoms with Gasteiger partial charge in [-0.2, -0.15) is 0 Å². The van der Waals surface area contributed by atoms with Gasteiger partial charge in [-0.1, -0.05) is 0 Å². The number of hydrogen-bond donors (Lipinski definition) is 2. The van der Waals surface area contributed by atoms with E-state index in [1.165, 1.54) is 0 Å². The van der Waals surface area contributed by atoms with Crippen LogP contribution in [0.3, 0.4) is 0 Å². The third-order valence-corrected chi connectivity index (χ3v) is 3.45. The van der Waals surface area contributed by atoms with Crippen molar-refractivity contribution in [3.63, 3.8) is 0 Å². The zero-order valence-electron chi connectivity index (χ0n) is 11.5. The number of hydrogen-bond acceptors (Lipinski definition) is 4. The van der Waals surface area contributed by atoms with Gasteiger partial charge in [-0.3, -0.25) is 4.79 Å². The van der Waals surface area contributed by atoms with Crippen LogP contribution in [0.15, 0.2) is 18.3 Å². The predicted molar refractivity (Wildman–Crippen MR) is 74.3 cm³/mol. The minimum Gasteiger partial charge on any atom is -0.381 e. The number of carbonyl (C=O) groups excluding carboxylic acids is 1. The summed E-state index contributed by atoms with van der Waals surface area (Å²) >= 11 is 0. The lowest BCUT2D eigenvalue weighted by molar-refractivity contribution is 0.0915. The molecule has 1 saturated carbocycles. The molecule has 5 heteroatoms. The normalized spacial score (nSPS) is 22.2. The fourth-order valence-electron chi connectivity index (χ4n) is 2.45. The largest absolute Gasteiger partial charge is 0.381 e. The summed E-state index contributed by atoms with van der Waals surface area (Å²) in [5, 5.41) is 6.16. The average Bonchev–Trinajstić information content (AvgIpc) is 2.87. The highest BCUT2D eigenvalue weighted by molar-refractivity contribution is 5.98. The van der Waals surface area contributed by atoms with Crippen LogP contribution in [0.25, 0.3) is 0 Å². The predicted octanol–water partition coefficient (Wildman–Crippen LogP) is 1.81. The Labute approximate surface area is 113 Å². The Morgan fingerprint density at radius 2 is 2.37 bits per heavy atom. The first-order valence-electron chi connectivity index (χ1n) is 6.77. The Bertz CT molecular complexity index is 436. The number of amides is 1. The van der Waals surface area contributed by atoms with Gasteiger partial charge in [0.1, 0.15) is 5.82 Å². The molecule has 1 amide bonds. The van der Waals surface area contributed by atoms with Crippen LogP contribution in [0.4, 0.5) is 5.82 Å². The lowest BCUT2D eigenvalue weighted by Crippen LogP contribution is -2.34. The third kappa shape index (κ3) is 3.44. The Balaban J connectivity index is 2.00. The van der Waals surface area contributed by atoms with Gasteiger partial charge in [0, 0.05) is 25.9 Å². The summed E-state index contributed by atoms with van der Waals surface area (Å²) in [7, 11) is 1.72. The van der Waals surface area contributed by atoms with E-state index in [1.54, 1.807) is 25.4 Å². The molecule has 5 nitrogen and oxygen atoms in total. The molecule has 19 heavy (non-hydrogen) atoms. The van der Waals surface area contributed by atoms with Crippen molar-refractivity contribution in [2.75, 3.05) is 19.0 Å². The maximum absolute atomic E-state index is 12.3. The molecule has 2 N–H and O–H groups in total. The number of methoxy groups -OCH3 is 1. The summed E-state index contributed by atoms with van der Waals surface area (Å²) in [6.07, 6.45) is 4.83. The Kier molecular flexibility index (Phi) is 4.74. The summed E-state index contributed by atoms with van der Waals surface area (Å²) in [6.45, 7) is 2.73. The van der Waals surface area contributed by atoms with Crippen LogP contribution in [0.5, 0.6) is 0 Å². The first-order chi connectivity index (χ1) is 9.24. The van der Waals surface area contributed by atoms with E-state index in [0.29, 0.717) is 11.4 Å². The number of aromatic nitrogens is 1. The van der Waals surface area contributed by atoms with Crippen molar-refractivity contribution in [1.82, 2.24) is 10.3 Å². The molecule has 0 radical (unpaired) electrons. The van der Waals surface area contributed by atoms with Crippen molar-refractivity contribution in [1.29, 1.82) is 0 Å². The number of carbonyl (C=O) groups is 1. The van der Waals surface area contributed by atoms with Crippen LogP contribution < -0.4 is 10.6 Å². The second-order valence-electron chi connectivity index (χ2n) is 4.77. The standard InChI is InChI=1S/C14H21N3O2/c1-3-15-13-12(5-4-8-16-13)14(18)17-10-6-7-11(9-10)19-2/h4-5,8,10-11H,3,6-7,9H2,1-2H3,(H,15,16)(H,17,18). The molecule has 104 valence electrons. The molecule has 1 fully saturated rings. The van der Waals surface area contributed by atoms with Crippen LogP contribution in [0.1, 0.15) is 36.5 Å². The summed E-state index contributed by atoms with van der Waals surface area (Å²) in [5.74, 6) is 0.578. The van der Waals surface area contributed by atoms with E-state index in [4.69, 9.17) is 4.74 Å². The molecule has 1 aliphatic carbocycles. The number of anilines is 1. The Morgan fingerprint density at radius 3 is 3.05 bits per heavy atom. The summed E-state index contributed by atoms with van der Waals surface area (Å²) in [5.41, 5.74) is 0.602. The van der Waals surface area contributed by atoms with Crippen LogP contribution in [0.2, 0.25) is 0 Å². The molecule has 0 spiro atoms. The van der Waals surface area contributed by atoms with Crippen molar-refractivity contribution >= 4 is 11.7 Å². The fraction of sp³-hybridized carbons (Fsp3) is 0.571. The Morgan fingerprint density at radius 1 is 1.53 bits per heavy atom. The number of nitrogens with one attached hydrogen (secondary N) is 2. The van der Waals surface area contributed by atoms with Crippen LogP contribution in [-0.2, 0) is 4.74 Å². The lowest BCUT2D eigenvalue weighted by atomic mass is 10.2. The molecule has 0 bridgehead atoms. The van der Waals surface area contributed by atoms with Crippen molar-refractivity contribution in [3.8, 4) is 0 Å². The molecular formula is C14H21N3O2. The van der Waals surface area contributed by atoms with Gasteiger partial charge in [-0.15, -0.1) is 0 Å². The molecule has 2 unspecified atom stereocenters. The highest BCUT2D eigenvalue weighted by Gasteiger charge is 2.26. The SMILES string of the molecule is CCNc1ncccc1C(=O)NC1CCC(OC)C1. The minimum absolute atomic E-state index is 0.0641. The van der Waals surface area contributed by atoms with E-state index in [1.807, 2.05) is 6.92 Å². The molecule has 1 aromatic rings. The van der Waals surface area contributed by atoms with Crippen molar-refractivity contribution < 1.29 is 9.53 Å². The molecule has 1 aromatic heterocycles. The third-order valence-electron chi connectivity index (χ3n) is 3.45. The van der Waals surface area contributed by atoms with Gasteiger partial charge in [0.25, 0.3) is 5.91 Å². The molecule has 0 aliphatic heterocycles. The van der Waals surface area contributed by atoms with E-state index in [9.17, 15) is 4.79 Å². The molecule has 0 saturated heterocycles. The van der Waals surface area contributed by atoms with Gasteiger partial charge in [0.2, 0.25) is 0 Å². The lowest BCUT2D eigenvalue weighted by Gasteiger charge is -2.14. The van der Waals surface area contributed by atoms with Gasteiger partial charge >= 0.3 is 0 Å². The van der Waals surface area contributed by atoms with Gasteiger partial charge < -0.3 is 15.4 Å². The topological polar surface area (TPSA) is 63.2 Å². The first kappa shape index (κ1) is 13.8. The number of ether oxygens (including phenoxy) is 1. The van der Waals surface area contributed by atoms with E-state index < -0.39 is 0 Å². The van der Waals surface area contributed by atoms with E-state index in [0.717, 1.165) is 25.8 Å². The summed E-state index contributed by atoms with van der Waals surface area (Å²) < 4.78 is 5.31. The van der Waals surface area contributed by atoms with Gasteiger partial charge in [0.05, 0.1) is 11.7 Å². The van der Waals surface area contributed by atoms with Gasteiger partial charge in [-0.25, -0.2) is 4.98 Å². The molecule has 1 heterocycles.